The minimum atomic E-state index is -0.675. The molecule has 2 rings (SSSR count). The molecule has 2 unspecified atom stereocenters. The lowest BCUT2D eigenvalue weighted by molar-refractivity contribution is 0.0951. The molecule has 0 spiro atoms. The summed E-state index contributed by atoms with van der Waals surface area (Å²) in [6.45, 7) is 2.25. The van der Waals surface area contributed by atoms with Crippen LogP contribution in [0.3, 0.4) is 0 Å². The number of nitrogens with one attached hydrogen (secondary N) is 1. The van der Waals surface area contributed by atoms with Crippen LogP contribution in [-0.2, 0) is 11.2 Å². The Kier molecular flexibility index (Phi) is 5.54. The van der Waals surface area contributed by atoms with E-state index in [1.54, 1.807) is 18.9 Å². The summed E-state index contributed by atoms with van der Waals surface area (Å²) in [7, 11) is 1.57. The fourth-order valence-corrected chi connectivity index (χ4v) is 2.85. The molecule has 0 aliphatic carbocycles. The first-order chi connectivity index (χ1) is 10.9. The number of nitrogens with zero attached hydrogens (tertiary/aromatic N) is 1. The number of halogens is 2. The molecule has 1 aromatic rings. The molecule has 2 N–H and O–H groups in total. The molecule has 128 valence electrons. The Balaban J connectivity index is 1.91. The van der Waals surface area contributed by atoms with E-state index in [9.17, 15) is 18.7 Å². The molecule has 7 heteroatoms. The molecule has 1 saturated heterocycles. The van der Waals surface area contributed by atoms with E-state index < -0.39 is 17.2 Å². The van der Waals surface area contributed by atoms with Gasteiger partial charge in [-0.25, -0.2) is 13.6 Å². The molecule has 23 heavy (non-hydrogen) atoms. The number of methoxy groups -OCH3 is 1. The molecule has 1 aliphatic rings. The Bertz CT molecular complexity index is 570. The average molecular weight is 328 g/mol. The van der Waals surface area contributed by atoms with Crippen LogP contribution in [0.15, 0.2) is 18.2 Å². The first kappa shape index (κ1) is 17.6. The molecule has 1 heterocycles. The highest BCUT2D eigenvalue weighted by Gasteiger charge is 2.44. The third-order valence-electron chi connectivity index (χ3n) is 4.31. The Morgan fingerprint density at radius 3 is 2.87 bits per heavy atom. The second-order valence-electron chi connectivity index (χ2n) is 6.05. The van der Waals surface area contributed by atoms with Crippen LogP contribution in [0.4, 0.5) is 13.6 Å². The SMILES string of the molecule is COC1CN(C(=O)NCCc2ccc(F)cc2F)C(C)(CO)C1. The summed E-state index contributed by atoms with van der Waals surface area (Å²) < 4.78 is 31.7. The molecule has 0 saturated carbocycles. The second-order valence-corrected chi connectivity index (χ2v) is 6.05. The predicted molar refractivity (Wildman–Crippen MR) is 81.1 cm³/mol. The summed E-state index contributed by atoms with van der Waals surface area (Å²) >= 11 is 0. The number of carbonyl (C=O) groups excluding carboxylic acids is 1. The van der Waals surface area contributed by atoms with Crippen molar-refractivity contribution in [2.75, 3.05) is 26.8 Å². The highest BCUT2D eigenvalue weighted by molar-refractivity contribution is 5.75. The number of amides is 2. The summed E-state index contributed by atoms with van der Waals surface area (Å²) in [4.78, 5) is 13.8. The Morgan fingerprint density at radius 1 is 1.52 bits per heavy atom. The summed E-state index contributed by atoms with van der Waals surface area (Å²) in [5.74, 6) is -1.25. The van der Waals surface area contributed by atoms with Crippen molar-refractivity contribution in [1.82, 2.24) is 10.2 Å². The van der Waals surface area contributed by atoms with Crippen molar-refractivity contribution in [2.24, 2.45) is 0 Å². The quantitative estimate of drug-likeness (QED) is 0.865. The standard InChI is InChI=1S/C16H22F2N2O3/c1-16(10-21)8-13(23-2)9-20(16)15(22)19-6-5-11-3-4-12(17)7-14(11)18/h3-4,7,13,21H,5-6,8-10H2,1-2H3,(H,19,22). The van der Waals surface area contributed by atoms with Crippen LogP contribution in [0.2, 0.25) is 0 Å². The van der Waals surface area contributed by atoms with Gasteiger partial charge in [-0.1, -0.05) is 6.07 Å². The predicted octanol–water partition coefficient (Wildman–Crippen LogP) is 1.69. The summed E-state index contributed by atoms with van der Waals surface area (Å²) in [5.41, 5.74) is -0.334. The van der Waals surface area contributed by atoms with Gasteiger partial charge in [0.15, 0.2) is 0 Å². The number of aliphatic hydroxyl groups excluding tert-OH is 1. The second kappa shape index (κ2) is 7.23. The number of likely N-dealkylation sites (tertiary alicyclic amines) is 1. The maximum Gasteiger partial charge on any atom is 0.318 e. The van der Waals surface area contributed by atoms with E-state index in [1.165, 1.54) is 12.1 Å². The third-order valence-corrected chi connectivity index (χ3v) is 4.31. The van der Waals surface area contributed by atoms with Gasteiger partial charge >= 0.3 is 6.03 Å². The van der Waals surface area contributed by atoms with Gasteiger partial charge in [0.05, 0.1) is 18.2 Å². The number of carbonyl (C=O) groups is 1. The fraction of sp³-hybridized carbons (Fsp3) is 0.562. The van der Waals surface area contributed by atoms with Gasteiger partial charge in [-0.2, -0.15) is 0 Å². The average Bonchev–Trinajstić information content (AvgIpc) is 2.87. The summed E-state index contributed by atoms with van der Waals surface area (Å²) in [6.07, 6.45) is 0.697. The van der Waals surface area contributed by atoms with Gasteiger partial charge in [0.25, 0.3) is 0 Å². The van der Waals surface area contributed by atoms with Crippen LogP contribution in [0.25, 0.3) is 0 Å². The Labute approximate surface area is 134 Å². The molecule has 1 aliphatic heterocycles. The topological polar surface area (TPSA) is 61.8 Å². The van der Waals surface area contributed by atoms with Gasteiger partial charge in [-0.3, -0.25) is 0 Å². The van der Waals surface area contributed by atoms with Crippen molar-refractivity contribution in [3.63, 3.8) is 0 Å². The molecule has 5 nitrogen and oxygen atoms in total. The van der Waals surface area contributed by atoms with Gasteiger partial charge in [-0.15, -0.1) is 0 Å². The van der Waals surface area contributed by atoms with Crippen molar-refractivity contribution < 1.29 is 23.4 Å². The van der Waals surface area contributed by atoms with E-state index in [-0.39, 0.29) is 31.7 Å². The highest BCUT2D eigenvalue weighted by atomic mass is 19.1. The van der Waals surface area contributed by atoms with Crippen LogP contribution in [0.1, 0.15) is 18.9 Å². The lowest BCUT2D eigenvalue weighted by atomic mass is 10.00. The smallest absolute Gasteiger partial charge is 0.318 e. The fourth-order valence-electron chi connectivity index (χ4n) is 2.85. The van der Waals surface area contributed by atoms with Crippen LogP contribution >= 0.6 is 0 Å². The minimum absolute atomic E-state index is 0.118. The Morgan fingerprint density at radius 2 is 2.26 bits per heavy atom. The maximum atomic E-state index is 13.5. The molecule has 0 bridgehead atoms. The molecular formula is C16H22F2N2O3. The monoisotopic (exact) mass is 328 g/mol. The van der Waals surface area contributed by atoms with Crippen molar-refractivity contribution in [3.8, 4) is 0 Å². The largest absolute Gasteiger partial charge is 0.394 e. The van der Waals surface area contributed by atoms with Crippen molar-refractivity contribution >= 4 is 6.03 Å². The van der Waals surface area contributed by atoms with Gasteiger partial charge in [0.1, 0.15) is 11.6 Å². The summed E-state index contributed by atoms with van der Waals surface area (Å²) in [5, 5.41) is 12.3. The van der Waals surface area contributed by atoms with E-state index in [2.05, 4.69) is 5.32 Å². The van der Waals surface area contributed by atoms with Gasteiger partial charge in [0, 0.05) is 32.7 Å². The van der Waals surface area contributed by atoms with E-state index in [1.807, 2.05) is 0 Å². The zero-order chi connectivity index (χ0) is 17.0. The first-order valence-corrected chi connectivity index (χ1v) is 7.52. The lowest BCUT2D eigenvalue weighted by Gasteiger charge is -2.33. The van der Waals surface area contributed by atoms with Crippen molar-refractivity contribution in [2.45, 2.75) is 31.4 Å². The minimum Gasteiger partial charge on any atom is -0.394 e. The van der Waals surface area contributed by atoms with E-state index >= 15 is 0 Å². The number of hydrogen-bond donors (Lipinski definition) is 2. The van der Waals surface area contributed by atoms with E-state index in [0.29, 0.717) is 18.5 Å². The molecule has 2 atom stereocenters. The zero-order valence-electron chi connectivity index (χ0n) is 13.3. The van der Waals surface area contributed by atoms with Crippen molar-refractivity contribution in [1.29, 1.82) is 0 Å². The number of urea groups is 1. The molecule has 0 radical (unpaired) electrons. The van der Waals surface area contributed by atoms with Crippen LogP contribution in [0, 0.1) is 11.6 Å². The number of aliphatic hydroxyl groups is 1. The molecule has 1 aromatic carbocycles. The van der Waals surface area contributed by atoms with Crippen LogP contribution in [0.5, 0.6) is 0 Å². The lowest BCUT2D eigenvalue weighted by Crippen LogP contribution is -2.52. The zero-order valence-corrected chi connectivity index (χ0v) is 13.3. The highest BCUT2D eigenvalue weighted by Crippen LogP contribution is 2.30. The number of rotatable bonds is 5. The number of ether oxygens (including phenoxy) is 1. The molecule has 0 aromatic heterocycles. The van der Waals surface area contributed by atoms with Gasteiger partial charge < -0.3 is 20.1 Å². The number of hydrogen-bond acceptors (Lipinski definition) is 3. The first-order valence-electron chi connectivity index (χ1n) is 7.52. The van der Waals surface area contributed by atoms with Gasteiger partial charge in [0.2, 0.25) is 0 Å². The van der Waals surface area contributed by atoms with Gasteiger partial charge in [-0.05, 0) is 25.0 Å². The maximum absolute atomic E-state index is 13.5. The Hall–Kier alpha value is -1.73. The van der Waals surface area contributed by atoms with Crippen LogP contribution < -0.4 is 5.32 Å². The van der Waals surface area contributed by atoms with Crippen molar-refractivity contribution in [3.05, 3.63) is 35.4 Å². The number of benzene rings is 1. The molecule has 1 fully saturated rings. The molecular weight excluding hydrogens is 306 g/mol. The van der Waals surface area contributed by atoms with Crippen LogP contribution in [-0.4, -0.2) is 54.5 Å². The van der Waals surface area contributed by atoms with E-state index in [4.69, 9.17) is 4.74 Å². The molecule has 2 amide bonds. The van der Waals surface area contributed by atoms with E-state index in [0.717, 1.165) is 6.07 Å². The normalized spacial score (nSPS) is 24.0. The summed E-state index contributed by atoms with van der Waals surface area (Å²) in [6, 6.07) is 3.05. The third kappa shape index (κ3) is 3.97.